The molecule has 2 heterocycles. The smallest absolute Gasteiger partial charge is 0.338 e. The molecule has 0 bridgehead atoms. The van der Waals surface area contributed by atoms with Crippen molar-refractivity contribution in [3.8, 4) is 0 Å². The molecule has 1 aliphatic heterocycles. The lowest BCUT2D eigenvalue weighted by Crippen LogP contribution is -2.55. The highest BCUT2D eigenvalue weighted by atomic mass is 16.4. The molecule has 1 aromatic rings. The Morgan fingerprint density at radius 1 is 1.56 bits per heavy atom. The first-order valence-electron chi connectivity index (χ1n) is 5.73. The van der Waals surface area contributed by atoms with Crippen LogP contribution in [-0.2, 0) is 4.79 Å². The summed E-state index contributed by atoms with van der Waals surface area (Å²) in [6.45, 7) is 3.07. The van der Waals surface area contributed by atoms with Crippen LogP contribution >= 0.6 is 0 Å². The molecule has 96 valence electrons. The Kier molecular flexibility index (Phi) is 3.40. The van der Waals surface area contributed by atoms with Gasteiger partial charge < -0.3 is 15.3 Å². The van der Waals surface area contributed by atoms with Crippen molar-refractivity contribution in [1.82, 2.24) is 15.3 Å². The number of hydrogen-bond acceptors (Lipinski definition) is 5. The Bertz CT molecular complexity index is 460. The largest absolute Gasteiger partial charge is 0.478 e. The third-order valence-electron chi connectivity index (χ3n) is 2.86. The van der Waals surface area contributed by atoms with Crippen molar-refractivity contribution < 1.29 is 14.7 Å². The van der Waals surface area contributed by atoms with Crippen LogP contribution in [0.1, 0.15) is 23.7 Å². The fourth-order valence-corrected chi connectivity index (χ4v) is 1.94. The molecule has 1 atom stereocenters. The van der Waals surface area contributed by atoms with Gasteiger partial charge in [0, 0.05) is 25.5 Å². The molecule has 0 aliphatic carbocycles. The molecule has 0 saturated carbocycles. The Balaban J connectivity index is 2.24. The highest BCUT2D eigenvalue weighted by molar-refractivity contribution is 5.87. The van der Waals surface area contributed by atoms with E-state index >= 15 is 0 Å². The van der Waals surface area contributed by atoms with E-state index in [1.54, 1.807) is 4.90 Å². The van der Waals surface area contributed by atoms with Gasteiger partial charge in [-0.1, -0.05) is 6.92 Å². The molecular weight excluding hydrogens is 236 g/mol. The van der Waals surface area contributed by atoms with Crippen LogP contribution in [0.15, 0.2) is 12.4 Å². The molecule has 7 heteroatoms. The Labute approximate surface area is 104 Å². The zero-order chi connectivity index (χ0) is 13.1. The quantitative estimate of drug-likeness (QED) is 0.777. The number of hydrogen-bond donors (Lipinski definition) is 2. The van der Waals surface area contributed by atoms with E-state index in [9.17, 15) is 9.59 Å². The zero-order valence-electron chi connectivity index (χ0n) is 9.96. The number of nitrogens with zero attached hydrogens (tertiary/aromatic N) is 3. The molecule has 1 fully saturated rings. The van der Waals surface area contributed by atoms with Crippen LogP contribution in [-0.4, -0.2) is 46.1 Å². The van der Waals surface area contributed by atoms with Crippen molar-refractivity contribution in [3.05, 3.63) is 18.0 Å². The van der Waals surface area contributed by atoms with Crippen LogP contribution in [0, 0.1) is 0 Å². The summed E-state index contributed by atoms with van der Waals surface area (Å²) in [4.78, 5) is 32.2. The standard InChI is InChI=1S/C11H14N4O3/c1-2-8-9(16)12-3-4-15(8)11-13-5-7(6-14-11)10(17)18/h5-6,8H,2-4H2,1H3,(H,12,16)(H,17,18). The monoisotopic (exact) mass is 250 g/mol. The minimum atomic E-state index is -1.06. The number of carboxylic acid groups (broad SMARTS) is 1. The third kappa shape index (κ3) is 2.24. The van der Waals surface area contributed by atoms with Crippen LogP contribution < -0.4 is 10.2 Å². The van der Waals surface area contributed by atoms with Gasteiger partial charge in [0.1, 0.15) is 6.04 Å². The fraction of sp³-hybridized carbons (Fsp3) is 0.455. The van der Waals surface area contributed by atoms with Gasteiger partial charge in [-0.3, -0.25) is 4.79 Å². The molecule has 2 rings (SSSR count). The molecule has 1 saturated heterocycles. The Morgan fingerprint density at radius 3 is 2.78 bits per heavy atom. The summed E-state index contributed by atoms with van der Waals surface area (Å²) in [5.41, 5.74) is 0.0354. The average molecular weight is 250 g/mol. The Morgan fingerprint density at radius 2 is 2.22 bits per heavy atom. The fourth-order valence-electron chi connectivity index (χ4n) is 1.94. The van der Waals surface area contributed by atoms with Crippen LogP contribution in [0.25, 0.3) is 0 Å². The van der Waals surface area contributed by atoms with Crippen molar-refractivity contribution in [1.29, 1.82) is 0 Å². The number of carbonyl (C=O) groups excluding carboxylic acids is 1. The highest BCUT2D eigenvalue weighted by Gasteiger charge is 2.29. The SMILES string of the molecule is CCC1C(=O)NCCN1c1ncc(C(=O)O)cn1. The van der Waals surface area contributed by atoms with Gasteiger partial charge in [-0.25, -0.2) is 14.8 Å². The van der Waals surface area contributed by atoms with E-state index in [0.717, 1.165) is 0 Å². The van der Waals surface area contributed by atoms with Gasteiger partial charge in [-0.2, -0.15) is 0 Å². The van der Waals surface area contributed by atoms with E-state index in [0.29, 0.717) is 25.5 Å². The minimum absolute atomic E-state index is 0.0354. The molecule has 0 spiro atoms. The molecule has 0 radical (unpaired) electrons. The molecule has 18 heavy (non-hydrogen) atoms. The maximum atomic E-state index is 11.7. The van der Waals surface area contributed by atoms with Crippen LogP contribution in [0.4, 0.5) is 5.95 Å². The number of nitrogens with one attached hydrogen (secondary N) is 1. The van der Waals surface area contributed by atoms with Crippen molar-refractivity contribution >= 4 is 17.8 Å². The third-order valence-corrected chi connectivity index (χ3v) is 2.86. The van der Waals surface area contributed by atoms with Crippen LogP contribution in [0.3, 0.4) is 0 Å². The molecular formula is C11H14N4O3. The van der Waals surface area contributed by atoms with Gasteiger partial charge in [-0.05, 0) is 6.42 Å². The number of carboxylic acids is 1. The number of rotatable bonds is 3. The van der Waals surface area contributed by atoms with Gasteiger partial charge in [0.25, 0.3) is 0 Å². The lowest BCUT2D eigenvalue weighted by Gasteiger charge is -2.34. The lowest BCUT2D eigenvalue weighted by atomic mass is 10.1. The van der Waals surface area contributed by atoms with Crippen molar-refractivity contribution in [2.75, 3.05) is 18.0 Å². The summed E-state index contributed by atoms with van der Waals surface area (Å²) in [6, 6.07) is -0.297. The molecule has 1 aliphatic rings. The number of piperazine rings is 1. The van der Waals surface area contributed by atoms with E-state index in [1.807, 2.05) is 6.92 Å². The summed E-state index contributed by atoms with van der Waals surface area (Å²) >= 11 is 0. The minimum Gasteiger partial charge on any atom is -0.478 e. The predicted molar refractivity (Wildman–Crippen MR) is 63.4 cm³/mol. The normalized spacial score (nSPS) is 19.5. The van der Waals surface area contributed by atoms with Gasteiger partial charge in [0.2, 0.25) is 11.9 Å². The number of anilines is 1. The van der Waals surface area contributed by atoms with E-state index < -0.39 is 5.97 Å². The van der Waals surface area contributed by atoms with E-state index in [2.05, 4.69) is 15.3 Å². The van der Waals surface area contributed by atoms with Gasteiger partial charge in [-0.15, -0.1) is 0 Å². The molecule has 1 amide bonds. The molecule has 1 aromatic heterocycles. The summed E-state index contributed by atoms with van der Waals surface area (Å²) in [6.07, 6.45) is 3.16. The number of carbonyl (C=O) groups is 2. The summed E-state index contributed by atoms with van der Waals surface area (Å²) in [7, 11) is 0. The molecule has 1 unspecified atom stereocenters. The summed E-state index contributed by atoms with van der Waals surface area (Å²) < 4.78 is 0. The second-order valence-corrected chi connectivity index (χ2v) is 3.99. The number of amides is 1. The van der Waals surface area contributed by atoms with Crippen molar-refractivity contribution in [3.63, 3.8) is 0 Å². The van der Waals surface area contributed by atoms with Crippen molar-refractivity contribution in [2.45, 2.75) is 19.4 Å². The number of aromatic carboxylic acids is 1. The lowest BCUT2D eigenvalue weighted by molar-refractivity contribution is -0.123. The zero-order valence-corrected chi connectivity index (χ0v) is 9.96. The van der Waals surface area contributed by atoms with E-state index in [1.165, 1.54) is 12.4 Å². The van der Waals surface area contributed by atoms with Crippen LogP contribution in [0.5, 0.6) is 0 Å². The maximum Gasteiger partial charge on any atom is 0.338 e. The first-order valence-corrected chi connectivity index (χ1v) is 5.73. The summed E-state index contributed by atoms with van der Waals surface area (Å²) in [5.74, 6) is -0.721. The second kappa shape index (κ2) is 4.99. The highest BCUT2D eigenvalue weighted by Crippen LogP contribution is 2.15. The Hall–Kier alpha value is -2.18. The predicted octanol–water partition coefficient (Wildman–Crippen LogP) is -0.110. The van der Waals surface area contributed by atoms with E-state index in [-0.39, 0.29) is 17.5 Å². The van der Waals surface area contributed by atoms with E-state index in [4.69, 9.17) is 5.11 Å². The summed E-state index contributed by atoms with van der Waals surface area (Å²) in [5, 5.41) is 11.6. The number of aromatic nitrogens is 2. The van der Waals surface area contributed by atoms with Crippen LogP contribution in [0.2, 0.25) is 0 Å². The van der Waals surface area contributed by atoms with Gasteiger partial charge in [0.05, 0.1) is 5.56 Å². The molecule has 7 nitrogen and oxygen atoms in total. The first-order chi connectivity index (χ1) is 8.63. The van der Waals surface area contributed by atoms with Crippen molar-refractivity contribution in [2.24, 2.45) is 0 Å². The average Bonchev–Trinajstić information content (AvgIpc) is 2.38. The molecule has 2 N–H and O–H groups in total. The van der Waals surface area contributed by atoms with Gasteiger partial charge in [0.15, 0.2) is 0 Å². The first kappa shape index (κ1) is 12.3. The maximum absolute atomic E-state index is 11.7. The second-order valence-electron chi connectivity index (χ2n) is 3.99. The van der Waals surface area contributed by atoms with Gasteiger partial charge >= 0.3 is 5.97 Å². The molecule has 0 aromatic carbocycles. The topological polar surface area (TPSA) is 95.4 Å².